The number of anilines is 1. The van der Waals surface area contributed by atoms with Crippen molar-refractivity contribution in [3.63, 3.8) is 0 Å². The molecule has 0 fully saturated rings. The number of benzene rings is 2. The van der Waals surface area contributed by atoms with Crippen LogP contribution in [-0.4, -0.2) is 18.6 Å². The Morgan fingerprint density at radius 2 is 1.96 bits per heavy atom. The van der Waals surface area contributed by atoms with E-state index in [2.05, 4.69) is 25.2 Å². The Hall–Kier alpha value is -3.01. The van der Waals surface area contributed by atoms with Crippen LogP contribution in [0.5, 0.6) is 11.5 Å². The first-order chi connectivity index (χ1) is 12.4. The second-order valence-corrected chi connectivity index (χ2v) is 6.37. The highest BCUT2D eigenvalue weighted by atomic mass is 16.5. The predicted octanol–water partition coefficient (Wildman–Crippen LogP) is 4.96. The molecule has 0 aliphatic heterocycles. The fourth-order valence-electron chi connectivity index (χ4n) is 2.74. The largest absolute Gasteiger partial charge is 0.508 e. The van der Waals surface area contributed by atoms with Crippen molar-refractivity contribution in [2.24, 2.45) is 0 Å². The van der Waals surface area contributed by atoms with E-state index in [4.69, 9.17) is 4.74 Å². The molecule has 4 nitrogen and oxygen atoms in total. The molecule has 2 N–H and O–H groups in total. The van der Waals surface area contributed by atoms with Gasteiger partial charge in [-0.1, -0.05) is 29.9 Å². The highest BCUT2D eigenvalue weighted by Gasteiger charge is 2.06. The molecule has 26 heavy (non-hydrogen) atoms. The molecule has 0 aromatic heterocycles. The highest BCUT2D eigenvalue weighted by Crippen LogP contribution is 2.28. The number of hydrogen-bond acceptors (Lipinski definition) is 3. The van der Waals surface area contributed by atoms with Crippen LogP contribution in [0.15, 0.2) is 42.0 Å². The van der Waals surface area contributed by atoms with E-state index in [9.17, 15) is 9.90 Å². The van der Waals surface area contributed by atoms with Crippen LogP contribution in [0.25, 0.3) is 12.2 Å². The predicted molar refractivity (Wildman–Crippen MR) is 108 cm³/mol. The lowest BCUT2D eigenvalue weighted by Gasteiger charge is -2.10. The van der Waals surface area contributed by atoms with Gasteiger partial charge >= 0.3 is 0 Å². The van der Waals surface area contributed by atoms with Gasteiger partial charge in [-0.05, 0) is 73.7 Å². The normalized spacial score (nSPS) is 10.6. The molecule has 4 heteroatoms. The fourth-order valence-corrected chi connectivity index (χ4v) is 2.74. The Bertz CT molecular complexity index is 847. The van der Waals surface area contributed by atoms with Gasteiger partial charge in [0.25, 0.3) is 0 Å². The summed E-state index contributed by atoms with van der Waals surface area (Å²) in [5.74, 6) is 0.849. The van der Waals surface area contributed by atoms with Gasteiger partial charge in [-0.2, -0.15) is 0 Å². The summed E-state index contributed by atoms with van der Waals surface area (Å²) in [4.78, 5) is 10.6. The third-order valence-corrected chi connectivity index (χ3v) is 4.10. The average molecular weight is 351 g/mol. The van der Waals surface area contributed by atoms with Crippen molar-refractivity contribution in [3.8, 4) is 11.5 Å². The van der Waals surface area contributed by atoms with Crippen LogP contribution in [0.3, 0.4) is 0 Å². The third-order valence-electron chi connectivity index (χ3n) is 4.10. The van der Waals surface area contributed by atoms with Gasteiger partial charge in [0.15, 0.2) is 0 Å². The molecule has 1 amide bonds. The maximum atomic E-state index is 10.6. The summed E-state index contributed by atoms with van der Waals surface area (Å²) in [7, 11) is 1.56. The van der Waals surface area contributed by atoms with E-state index in [-0.39, 0.29) is 5.75 Å². The molecule has 0 radical (unpaired) electrons. The summed E-state index contributed by atoms with van der Waals surface area (Å²) >= 11 is 0. The SMILES string of the molecule is COc1cc(/C=C/c2cc(O)cc(C)c2CC=C(C)C)ccc1NC=O. The minimum absolute atomic E-state index is 0.256. The number of carbonyl (C=O) groups is 1. The van der Waals surface area contributed by atoms with Crippen LogP contribution >= 0.6 is 0 Å². The topological polar surface area (TPSA) is 58.6 Å². The Labute approximate surface area is 154 Å². The van der Waals surface area contributed by atoms with Crippen molar-refractivity contribution in [1.29, 1.82) is 0 Å². The minimum atomic E-state index is 0.256. The van der Waals surface area contributed by atoms with Crippen LogP contribution in [0.1, 0.15) is 36.1 Å². The van der Waals surface area contributed by atoms with Crippen LogP contribution in [-0.2, 0) is 11.2 Å². The Balaban J connectivity index is 2.38. The molecule has 0 saturated heterocycles. The zero-order chi connectivity index (χ0) is 19.1. The summed E-state index contributed by atoms with van der Waals surface area (Å²) in [5.41, 5.74) is 6.05. The van der Waals surface area contributed by atoms with Crippen molar-refractivity contribution >= 4 is 24.2 Å². The number of ether oxygens (including phenoxy) is 1. The molecule has 2 aromatic carbocycles. The lowest BCUT2D eigenvalue weighted by atomic mass is 9.96. The lowest BCUT2D eigenvalue weighted by Crippen LogP contribution is -1.97. The maximum absolute atomic E-state index is 10.6. The first-order valence-corrected chi connectivity index (χ1v) is 8.46. The van der Waals surface area contributed by atoms with Crippen molar-refractivity contribution in [2.75, 3.05) is 12.4 Å². The van der Waals surface area contributed by atoms with Gasteiger partial charge in [-0.25, -0.2) is 0 Å². The van der Waals surface area contributed by atoms with Gasteiger partial charge in [-0.15, -0.1) is 0 Å². The highest BCUT2D eigenvalue weighted by molar-refractivity contribution is 5.79. The van der Waals surface area contributed by atoms with Gasteiger partial charge in [0.2, 0.25) is 6.41 Å². The van der Waals surface area contributed by atoms with E-state index in [1.54, 1.807) is 25.3 Å². The summed E-state index contributed by atoms with van der Waals surface area (Å²) < 4.78 is 5.31. The smallest absolute Gasteiger partial charge is 0.211 e. The summed E-state index contributed by atoms with van der Waals surface area (Å²) in [6, 6.07) is 9.11. The number of aryl methyl sites for hydroxylation is 1. The van der Waals surface area contributed by atoms with E-state index in [0.717, 1.165) is 23.1 Å². The van der Waals surface area contributed by atoms with Crippen molar-refractivity contribution < 1.29 is 14.6 Å². The minimum Gasteiger partial charge on any atom is -0.508 e. The number of carbonyl (C=O) groups excluding carboxylic acids is 1. The Morgan fingerprint density at radius 3 is 2.62 bits per heavy atom. The van der Waals surface area contributed by atoms with Crippen molar-refractivity contribution in [1.82, 2.24) is 0 Å². The van der Waals surface area contributed by atoms with E-state index < -0.39 is 0 Å². The number of phenolic OH excluding ortho intramolecular Hbond substituents is 1. The number of methoxy groups -OCH3 is 1. The fraction of sp³-hybridized carbons (Fsp3) is 0.227. The molecule has 136 valence electrons. The second kappa shape index (κ2) is 8.90. The first kappa shape index (κ1) is 19.3. The first-order valence-electron chi connectivity index (χ1n) is 8.46. The molecule has 2 rings (SSSR count). The quantitative estimate of drug-likeness (QED) is 0.421. The zero-order valence-electron chi connectivity index (χ0n) is 15.7. The molecule has 0 aliphatic carbocycles. The average Bonchev–Trinajstić information content (AvgIpc) is 2.59. The Morgan fingerprint density at radius 1 is 1.19 bits per heavy atom. The number of aromatic hydroxyl groups is 1. The maximum Gasteiger partial charge on any atom is 0.211 e. The molecule has 0 spiro atoms. The van der Waals surface area contributed by atoms with Crippen molar-refractivity contribution in [2.45, 2.75) is 27.2 Å². The van der Waals surface area contributed by atoms with Crippen LogP contribution in [0, 0.1) is 6.92 Å². The molecule has 0 atom stereocenters. The van der Waals surface area contributed by atoms with Crippen molar-refractivity contribution in [3.05, 3.63) is 64.2 Å². The molecule has 2 aromatic rings. The van der Waals surface area contributed by atoms with E-state index in [1.165, 1.54) is 11.1 Å². The molecule has 0 aliphatic rings. The molecular weight excluding hydrogens is 326 g/mol. The van der Waals surface area contributed by atoms with Gasteiger partial charge in [0, 0.05) is 0 Å². The van der Waals surface area contributed by atoms with E-state index in [0.29, 0.717) is 17.8 Å². The summed E-state index contributed by atoms with van der Waals surface area (Å²) in [6.07, 6.45) is 7.58. The van der Waals surface area contributed by atoms with Crippen LogP contribution in [0.4, 0.5) is 5.69 Å². The Kier molecular flexibility index (Phi) is 6.61. The van der Waals surface area contributed by atoms with Gasteiger partial charge in [-0.3, -0.25) is 4.79 Å². The monoisotopic (exact) mass is 351 g/mol. The summed E-state index contributed by atoms with van der Waals surface area (Å²) in [6.45, 7) is 6.16. The van der Waals surface area contributed by atoms with Gasteiger partial charge < -0.3 is 15.2 Å². The molecule has 0 bridgehead atoms. The molecule has 0 heterocycles. The van der Waals surface area contributed by atoms with Crippen LogP contribution < -0.4 is 10.1 Å². The molecule has 0 unspecified atom stereocenters. The number of rotatable bonds is 7. The second-order valence-electron chi connectivity index (χ2n) is 6.37. The zero-order valence-corrected chi connectivity index (χ0v) is 15.7. The number of nitrogens with one attached hydrogen (secondary N) is 1. The van der Waals surface area contributed by atoms with Gasteiger partial charge in [0.1, 0.15) is 11.5 Å². The third kappa shape index (κ3) is 4.99. The lowest BCUT2D eigenvalue weighted by molar-refractivity contribution is -0.105. The number of amides is 1. The number of hydrogen-bond donors (Lipinski definition) is 2. The number of allylic oxidation sites excluding steroid dienone is 2. The van der Waals surface area contributed by atoms with E-state index in [1.807, 2.05) is 31.2 Å². The van der Waals surface area contributed by atoms with Gasteiger partial charge in [0.05, 0.1) is 12.8 Å². The van der Waals surface area contributed by atoms with E-state index >= 15 is 0 Å². The molecule has 0 saturated carbocycles. The molecular formula is C22H25NO3. The number of phenols is 1. The van der Waals surface area contributed by atoms with Crippen LogP contribution in [0.2, 0.25) is 0 Å². The standard InChI is InChI=1S/C22H25NO3/c1-15(2)5-9-20-16(3)11-19(25)13-18(20)8-6-17-7-10-21(23-14-24)22(12-17)26-4/h5-8,10-14,25H,9H2,1-4H3,(H,23,24)/b8-6+. The summed E-state index contributed by atoms with van der Waals surface area (Å²) in [5, 5.41) is 12.6.